The second-order valence-corrected chi connectivity index (χ2v) is 9.14. The highest BCUT2D eigenvalue weighted by Gasteiger charge is 2.33. The van der Waals surface area contributed by atoms with Crippen molar-refractivity contribution in [3.63, 3.8) is 0 Å². The molecule has 2 atom stereocenters. The average molecular weight is 415 g/mol. The topological polar surface area (TPSA) is 107 Å². The predicted molar refractivity (Wildman–Crippen MR) is 99.8 cm³/mol. The number of hydrogen-bond donors (Lipinski definition) is 1. The number of ether oxygens (including phenoxy) is 1. The zero-order valence-electron chi connectivity index (χ0n) is 14.9. The minimum Gasteiger partial charge on any atom is -0.452 e. The summed E-state index contributed by atoms with van der Waals surface area (Å²) in [5, 5.41) is 4.99. The zero-order valence-corrected chi connectivity index (χ0v) is 16.5. The average Bonchev–Trinajstić information content (AvgIpc) is 2.64. The molecule has 0 aromatic heterocycles. The molecule has 2 fully saturated rings. The SMILES string of the molecule is NS(=O)(=O)c1cc(C(=O)OCC(=O)N2CC[C@@H]3CCCC[C@@H]3C2)ccc1Cl. The number of primary sulfonamides is 1. The summed E-state index contributed by atoms with van der Waals surface area (Å²) >= 11 is 5.80. The molecule has 148 valence electrons. The van der Waals surface area contributed by atoms with Gasteiger partial charge in [-0.2, -0.15) is 0 Å². The summed E-state index contributed by atoms with van der Waals surface area (Å²) in [4.78, 5) is 26.0. The summed E-state index contributed by atoms with van der Waals surface area (Å²) in [6, 6.07) is 3.64. The zero-order chi connectivity index (χ0) is 19.6. The first kappa shape index (κ1) is 20.1. The third-order valence-corrected chi connectivity index (χ3v) is 6.84. The maximum atomic E-state index is 12.4. The molecule has 7 nitrogen and oxygen atoms in total. The summed E-state index contributed by atoms with van der Waals surface area (Å²) in [6.07, 6.45) is 5.87. The first-order valence-electron chi connectivity index (χ1n) is 9.03. The van der Waals surface area contributed by atoms with Crippen molar-refractivity contribution in [2.24, 2.45) is 17.0 Å². The van der Waals surface area contributed by atoms with Gasteiger partial charge < -0.3 is 9.64 Å². The molecule has 1 aliphatic carbocycles. The molecule has 2 N–H and O–H groups in total. The maximum absolute atomic E-state index is 12.4. The number of sulfonamides is 1. The first-order chi connectivity index (χ1) is 12.8. The number of halogens is 1. The van der Waals surface area contributed by atoms with E-state index >= 15 is 0 Å². The van der Waals surface area contributed by atoms with Gasteiger partial charge in [0.1, 0.15) is 4.90 Å². The van der Waals surface area contributed by atoms with Crippen LogP contribution in [-0.4, -0.2) is 44.9 Å². The van der Waals surface area contributed by atoms with Crippen molar-refractivity contribution in [1.82, 2.24) is 4.90 Å². The minimum atomic E-state index is -4.06. The number of rotatable bonds is 4. The van der Waals surface area contributed by atoms with Crippen molar-refractivity contribution in [2.75, 3.05) is 19.7 Å². The number of hydrogen-bond acceptors (Lipinski definition) is 5. The molecule has 9 heteroatoms. The van der Waals surface area contributed by atoms with Crippen LogP contribution in [0.5, 0.6) is 0 Å². The fourth-order valence-corrected chi connectivity index (χ4v) is 5.05. The fourth-order valence-electron chi connectivity index (χ4n) is 3.98. The number of amides is 1. The van der Waals surface area contributed by atoms with Crippen LogP contribution in [0.15, 0.2) is 23.1 Å². The third-order valence-electron chi connectivity index (χ3n) is 5.44. The van der Waals surface area contributed by atoms with Crippen molar-refractivity contribution >= 4 is 33.5 Å². The normalized spacial score (nSPS) is 22.8. The van der Waals surface area contributed by atoms with Crippen molar-refractivity contribution in [2.45, 2.75) is 37.0 Å². The Bertz CT molecular complexity index is 842. The molecular weight excluding hydrogens is 392 g/mol. The van der Waals surface area contributed by atoms with Crippen LogP contribution in [0.4, 0.5) is 0 Å². The Labute approximate surface area is 163 Å². The molecule has 27 heavy (non-hydrogen) atoms. The van der Waals surface area contributed by atoms with Gasteiger partial charge in [-0.3, -0.25) is 4.79 Å². The van der Waals surface area contributed by atoms with Crippen LogP contribution in [0, 0.1) is 11.8 Å². The number of nitrogens with two attached hydrogens (primary N) is 1. The lowest BCUT2D eigenvalue weighted by Crippen LogP contribution is -2.46. The van der Waals surface area contributed by atoms with Gasteiger partial charge in [-0.25, -0.2) is 18.4 Å². The number of esters is 1. The number of carbonyl (C=O) groups excluding carboxylic acids is 2. The number of nitrogens with zero attached hydrogens (tertiary/aromatic N) is 1. The van der Waals surface area contributed by atoms with Crippen LogP contribution in [0.2, 0.25) is 5.02 Å². The van der Waals surface area contributed by atoms with E-state index in [2.05, 4.69) is 0 Å². The third kappa shape index (κ3) is 4.80. The van der Waals surface area contributed by atoms with Crippen LogP contribution >= 0.6 is 11.6 Å². The number of piperidine rings is 1. The highest BCUT2D eigenvalue weighted by atomic mass is 35.5. The van der Waals surface area contributed by atoms with Gasteiger partial charge in [0.25, 0.3) is 5.91 Å². The van der Waals surface area contributed by atoms with Gasteiger partial charge in [-0.15, -0.1) is 0 Å². The molecule has 0 bridgehead atoms. The number of benzene rings is 1. The summed E-state index contributed by atoms with van der Waals surface area (Å²) in [7, 11) is -4.06. The van der Waals surface area contributed by atoms with Gasteiger partial charge in [0, 0.05) is 13.1 Å². The summed E-state index contributed by atoms with van der Waals surface area (Å²) in [5.74, 6) is 0.224. The van der Waals surface area contributed by atoms with Crippen LogP contribution in [0.25, 0.3) is 0 Å². The Morgan fingerprint density at radius 1 is 1.19 bits per heavy atom. The molecule has 2 aliphatic rings. The lowest BCUT2D eigenvalue weighted by Gasteiger charge is -2.41. The molecular formula is C18H23ClN2O5S. The lowest BCUT2D eigenvalue weighted by molar-refractivity contribution is -0.137. The standard InChI is InChI=1S/C18H23ClN2O5S/c19-15-6-5-13(9-16(15)27(20,24)25)18(23)26-11-17(22)21-8-7-12-3-1-2-4-14(12)10-21/h5-6,9,12,14H,1-4,7-8,10-11H2,(H2,20,24,25)/t12-,14+/m0/s1. The van der Waals surface area contributed by atoms with Gasteiger partial charge in [0.15, 0.2) is 6.61 Å². The molecule has 0 unspecified atom stereocenters. The summed E-state index contributed by atoms with van der Waals surface area (Å²) in [6.45, 7) is 1.04. The number of likely N-dealkylation sites (tertiary alicyclic amines) is 1. The van der Waals surface area contributed by atoms with Crippen molar-refractivity contribution in [3.8, 4) is 0 Å². The van der Waals surface area contributed by atoms with Crippen LogP contribution < -0.4 is 5.14 Å². The summed E-state index contributed by atoms with van der Waals surface area (Å²) < 4.78 is 28.1. The van der Waals surface area contributed by atoms with Crippen LogP contribution in [-0.2, 0) is 19.6 Å². The Hall–Kier alpha value is -1.64. The van der Waals surface area contributed by atoms with Crippen molar-refractivity contribution in [3.05, 3.63) is 28.8 Å². The molecule has 0 spiro atoms. The second-order valence-electron chi connectivity index (χ2n) is 7.20. The summed E-state index contributed by atoms with van der Waals surface area (Å²) in [5.41, 5.74) is -0.0257. The number of fused-ring (bicyclic) bond motifs is 1. The molecule has 0 radical (unpaired) electrons. The van der Waals surface area contributed by atoms with Gasteiger partial charge in [0.2, 0.25) is 10.0 Å². The molecule has 1 saturated carbocycles. The minimum absolute atomic E-state index is 0.0257. The van der Waals surface area contributed by atoms with Gasteiger partial charge in [0.05, 0.1) is 10.6 Å². The van der Waals surface area contributed by atoms with E-state index in [1.807, 2.05) is 0 Å². The van der Waals surface area contributed by atoms with Crippen LogP contribution in [0.3, 0.4) is 0 Å². The Morgan fingerprint density at radius 3 is 2.59 bits per heavy atom. The van der Waals surface area contributed by atoms with Gasteiger partial charge in [-0.05, 0) is 42.9 Å². The lowest BCUT2D eigenvalue weighted by atomic mass is 9.75. The molecule has 1 heterocycles. The monoisotopic (exact) mass is 414 g/mol. The predicted octanol–water partition coefficient (Wildman–Crippen LogP) is 2.18. The Morgan fingerprint density at radius 2 is 1.89 bits per heavy atom. The highest BCUT2D eigenvalue weighted by Crippen LogP contribution is 2.36. The molecule has 3 rings (SSSR count). The largest absolute Gasteiger partial charge is 0.452 e. The van der Waals surface area contributed by atoms with Crippen molar-refractivity contribution in [1.29, 1.82) is 0 Å². The fraction of sp³-hybridized carbons (Fsp3) is 0.556. The molecule has 1 aliphatic heterocycles. The van der Waals surface area contributed by atoms with E-state index in [9.17, 15) is 18.0 Å². The Kier molecular flexibility index (Phi) is 6.08. The van der Waals surface area contributed by atoms with E-state index in [1.54, 1.807) is 4.90 Å². The maximum Gasteiger partial charge on any atom is 0.338 e. The highest BCUT2D eigenvalue weighted by molar-refractivity contribution is 7.89. The van der Waals surface area contributed by atoms with Gasteiger partial charge in [-0.1, -0.05) is 30.9 Å². The van der Waals surface area contributed by atoms with Crippen molar-refractivity contribution < 1.29 is 22.7 Å². The molecule has 1 aromatic carbocycles. The van der Waals surface area contributed by atoms with E-state index in [0.717, 1.165) is 25.5 Å². The second kappa shape index (κ2) is 8.16. The van der Waals surface area contributed by atoms with Crippen LogP contribution in [0.1, 0.15) is 42.5 Å². The smallest absolute Gasteiger partial charge is 0.338 e. The van der Waals surface area contributed by atoms with E-state index in [1.165, 1.54) is 31.4 Å². The number of carbonyl (C=O) groups is 2. The van der Waals surface area contributed by atoms with Gasteiger partial charge >= 0.3 is 5.97 Å². The molecule has 1 aromatic rings. The van der Waals surface area contributed by atoms with E-state index in [4.69, 9.17) is 21.5 Å². The molecule has 1 amide bonds. The van der Waals surface area contributed by atoms with E-state index < -0.39 is 16.0 Å². The first-order valence-corrected chi connectivity index (χ1v) is 11.0. The quantitative estimate of drug-likeness (QED) is 0.760. The van der Waals surface area contributed by atoms with E-state index in [-0.39, 0.29) is 28.0 Å². The van der Waals surface area contributed by atoms with E-state index in [0.29, 0.717) is 18.4 Å². The Balaban J connectivity index is 1.58. The molecule has 1 saturated heterocycles.